The zero-order chi connectivity index (χ0) is 21.0. The fourth-order valence-corrected chi connectivity index (χ4v) is 3.59. The topological polar surface area (TPSA) is 95.6 Å². The maximum absolute atomic E-state index is 12.5. The second kappa shape index (κ2) is 8.93. The Morgan fingerprint density at radius 3 is 2.45 bits per heavy atom. The second-order valence-corrected chi connectivity index (χ2v) is 7.56. The summed E-state index contributed by atoms with van der Waals surface area (Å²) < 4.78 is 0. The molecule has 2 N–H and O–H groups in total. The van der Waals surface area contributed by atoms with Gasteiger partial charge in [0.25, 0.3) is 11.1 Å². The van der Waals surface area contributed by atoms with E-state index in [-0.39, 0.29) is 10.8 Å². The predicted molar refractivity (Wildman–Crippen MR) is 114 cm³/mol. The lowest BCUT2D eigenvalue weighted by atomic mass is 10.2. The van der Waals surface area contributed by atoms with Crippen LogP contribution >= 0.6 is 23.4 Å². The van der Waals surface area contributed by atoms with Gasteiger partial charge in [-0.1, -0.05) is 29.8 Å². The molecule has 2 aromatic carbocycles. The molecule has 0 aliphatic carbocycles. The Kier molecular flexibility index (Phi) is 6.36. The van der Waals surface area contributed by atoms with Gasteiger partial charge in [-0.3, -0.25) is 24.1 Å². The highest BCUT2D eigenvalue weighted by Gasteiger charge is 2.36. The summed E-state index contributed by atoms with van der Waals surface area (Å²) in [7, 11) is 0. The first-order valence-corrected chi connectivity index (χ1v) is 9.70. The molecule has 7 nitrogen and oxygen atoms in total. The van der Waals surface area contributed by atoms with Crippen molar-refractivity contribution in [3.8, 4) is 0 Å². The van der Waals surface area contributed by atoms with E-state index in [0.29, 0.717) is 22.0 Å². The highest BCUT2D eigenvalue weighted by molar-refractivity contribution is 8.18. The second-order valence-electron chi connectivity index (χ2n) is 6.13. The monoisotopic (exact) mass is 429 g/mol. The molecule has 1 heterocycles. The molecule has 0 atom stereocenters. The lowest BCUT2D eigenvalue weighted by Crippen LogP contribution is -2.36. The first-order chi connectivity index (χ1) is 13.8. The molecular weight excluding hydrogens is 414 g/mol. The van der Waals surface area contributed by atoms with Crippen molar-refractivity contribution in [1.82, 2.24) is 4.90 Å². The summed E-state index contributed by atoms with van der Waals surface area (Å²) in [4.78, 5) is 49.1. The number of thioether (sulfide) groups is 1. The van der Waals surface area contributed by atoms with Crippen LogP contribution in [0.4, 0.5) is 16.2 Å². The predicted octanol–water partition coefficient (Wildman–Crippen LogP) is 3.97. The molecule has 0 aromatic heterocycles. The molecule has 4 amide bonds. The van der Waals surface area contributed by atoms with Gasteiger partial charge in [0.2, 0.25) is 11.8 Å². The Morgan fingerprint density at radius 2 is 1.79 bits per heavy atom. The van der Waals surface area contributed by atoms with Gasteiger partial charge in [0, 0.05) is 23.3 Å². The van der Waals surface area contributed by atoms with Crippen LogP contribution in [0, 0.1) is 0 Å². The Hall–Kier alpha value is -3.10. The fraction of sp³-hybridized carbons (Fsp3) is 0.100. The van der Waals surface area contributed by atoms with Crippen molar-refractivity contribution in [3.05, 3.63) is 64.0 Å². The summed E-state index contributed by atoms with van der Waals surface area (Å²) >= 11 is 6.64. The third kappa shape index (κ3) is 5.46. The standard InChI is InChI=1S/C20H16ClN3O4S/c1-12(25)22-15-7-5-13(6-8-15)9-17-19(27)24(20(28)29-17)11-18(26)23-16-4-2-3-14(21)10-16/h2-10H,11H2,1H3,(H,22,25)(H,23,26)/b17-9-. The quantitative estimate of drug-likeness (QED) is 0.701. The van der Waals surface area contributed by atoms with E-state index in [1.807, 2.05) is 0 Å². The third-order valence-electron chi connectivity index (χ3n) is 3.81. The molecule has 1 aliphatic rings. The number of carbonyl (C=O) groups is 4. The van der Waals surface area contributed by atoms with Crippen LogP contribution in [0.2, 0.25) is 5.02 Å². The molecule has 1 fully saturated rings. The van der Waals surface area contributed by atoms with Crippen LogP contribution in [-0.2, 0) is 14.4 Å². The Bertz CT molecular complexity index is 1020. The number of amides is 4. The van der Waals surface area contributed by atoms with Crippen LogP contribution in [0.1, 0.15) is 12.5 Å². The highest BCUT2D eigenvalue weighted by Crippen LogP contribution is 2.32. The van der Waals surface area contributed by atoms with Crippen LogP contribution in [0.25, 0.3) is 6.08 Å². The van der Waals surface area contributed by atoms with Gasteiger partial charge in [-0.25, -0.2) is 0 Å². The molecule has 0 unspecified atom stereocenters. The summed E-state index contributed by atoms with van der Waals surface area (Å²) in [6, 6.07) is 13.4. The molecule has 1 saturated heterocycles. The van der Waals surface area contributed by atoms with Crippen molar-refractivity contribution >= 4 is 63.8 Å². The number of imide groups is 1. The van der Waals surface area contributed by atoms with Crippen LogP contribution in [0.5, 0.6) is 0 Å². The van der Waals surface area contributed by atoms with E-state index < -0.39 is 23.6 Å². The smallest absolute Gasteiger partial charge is 0.294 e. The van der Waals surface area contributed by atoms with E-state index in [4.69, 9.17) is 11.6 Å². The largest absolute Gasteiger partial charge is 0.326 e. The molecule has 3 rings (SSSR count). The molecule has 2 aromatic rings. The van der Waals surface area contributed by atoms with Gasteiger partial charge in [-0.05, 0) is 53.7 Å². The van der Waals surface area contributed by atoms with Crippen molar-refractivity contribution in [2.45, 2.75) is 6.92 Å². The van der Waals surface area contributed by atoms with Gasteiger partial charge < -0.3 is 10.6 Å². The van der Waals surface area contributed by atoms with E-state index in [9.17, 15) is 19.2 Å². The number of hydrogen-bond acceptors (Lipinski definition) is 5. The number of nitrogens with zero attached hydrogens (tertiary/aromatic N) is 1. The first kappa shape index (κ1) is 20.6. The van der Waals surface area contributed by atoms with E-state index in [2.05, 4.69) is 10.6 Å². The lowest BCUT2D eigenvalue weighted by molar-refractivity contribution is -0.127. The molecule has 148 valence electrons. The van der Waals surface area contributed by atoms with Crippen molar-refractivity contribution < 1.29 is 19.2 Å². The number of carbonyl (C=O) groups excluding carboxylic acids is 4. The normalized spacial score (nSPS) is 15.0. The van der Waals surface area contributed by atoms with Crippen LogP contribution < -0.4 is 10.6 Å². The van der Waals surface area contributed by atoms with Crippen molar-refractivity contribution in [2.24, 2.45) is 0 Å². The molecular formula is C20H16ClN3O4S. The average Bonchev–Trinajstić information content (AvgIpc) is 2.90. The van der Waals surface area contributed by atoms with E-state index in [1.54, 1.807) is 54.6 Å². The first-order valence-electron chi connectivity index (χ1n) is 8.50. The Balaban J connectivity index is 1.66. The summed E-state index contributed by atoms with van der Waals surface area (Å²) in [5.41, 5.74) is 1.79. The fourth-order valence-electron chi connectivity index (χ4n) is 2.56. The highest BCUT2D eigenvalue weighted by atomic mass is 35.5. The van der Waals surface area contributed by atoms with Gasteiger partial charge in [0.05, 0.1) is 4.91 Å². The molecule has 0 saturated carbocycles. The minimum absolute atomic E-state index is 0.185. The number of hydrogen-bond donors (Lipinski definition) is 2. The van der Waals surface area contributed by atoms with E-state index in [0.717, 1.165) is 16.7 Å². The van der Waals surface area contributed by atoms with Crippen LogP contribution in [-0.4, -0.2) is 34.4 Å². The summed E-state index contributed by atoms with van der Waals surface area (Å²) in [6.45, 7) is 1.02. The van der Waals surface area contributed by atoms with E-state index >= 15 is 0 Å². The summed E-state index contributed by atoms with van der Waals surface area (Å²) in [5, 5.41) is 5.19. The van der Waals surface area contributed by atoms with Crippen molar-refractivity contribution in [3.63, 3.8) is 0 Å². The SMILES string of the molecule is CC(=O)Nc1ccc(/C=C2\SC(=O)N(CC(=O)Nc3cccc(Cl)c3)C2=O)cc1. The zero-order valence-electron chi connectivity index (χ0n) is 15.3. The number of anilines is 2. The van der Waals surface area contributed by atoms with Crippen molar-refractivity contribution in [2.75, 3.05) is 17.2 Å². The Labute approximate surface area is 176 Å². The molecule has 1 aliphatic heterocycles. The van der Waals surface area contributed by atoms with Gasteiger partial charge in [-0.15, -0.1) is 0 Å². The minimum Gasteiger partial charge on any atom is -0.326 e. The number of benzene rings is 2. The Morgan fingerprint density at radius 1 is 1.07 bits per heavy atom. The molecule has 0 radical (unpaired) electrons. The van der Waals surface area contributed by atoms with Crippen LogP contribution in [0.3, 0.4) is 0 Å². The number of rotatable bonds is 5. The summed E-state index contributed by atoms with van der Waals surface area (Å²) in [5.74, 6) is -1.22. The maximum atomic E-state index is 12.5. The third-order valence-corrected chi connectivity index (χ3v) is 4.95. The van der Waals surface area contributed by atoms with E-state index in [1.165, 1.54) is 6.92 Å². The molecule has 0 bridgehead atoms. The van der Waals surface area contributed by atoms with Gasteiger partial charge >= 0.3 is 0 Å². The molecule has 29 heavy (non-hydrogen) atoms. The minimum atomic E-state index is -0.535. The number of nitrogens with one attached hydrogen (secondary N) is 2. The van der Waals surface area contributed by atoms with Crippen molar-refractivity contribution in [1.29, 1.82) is 0 Å². The lowest BCUT2D eigenvalue weighted by Gasteiger charge is -2.12. The molecule has 9 heteroatoms. The molecule has 0 spiro atoms. The van der Waals surface area contributed by atoms with Gasteiger partial charge in [0.15, 0.2) is 0 Å². The summed E-state index contributed by atoms with van der Waals surface area (Å²) in [6.07, 6.45) is 1.57. The number of halogens is 1. The van der Waals surface area contributed by atoms with Crippen LogP contribution in [0.15, 0.2) is 53.4 Å². The average molecular weight is 430 g/mol. The maximum Gasteiger partial charge on any atom is 0.294 e. The van der Waals surface area contributed by atoms with Gasteiger partial charge in [0.1, 0.15) is 6.54 Å². The zero-order valence-corrected chi connectivity index (χ0v) is 16.8. The van der Waals surface area contributed by atoms with Gasteiger partial charge in [-0.2, -0.15) is 0 Å².